The fourth-order valence-corrected chi connectivity index (χ4v) is 1.31. The van der Waals surface area contributed by atoms with Crippen LogP contribution in [0.25, 0.3) is 0 Å². The molecule has 0 fully saturated rings. The first-order valence-corrected chi connectivity index (χ1v) is 5.95. The van der Waals surface area contributed by atoms with Crippen LogP contribution >= 0.6 is 0 Å². The van der Waals surface area contributed by atoms with E-state index in [1.165, 1.54) is 6.33 Å². The third kappa shape index (κ3) is 5.44. The minimum atomic E-state index is -0.374. The van der Waals surface area contributed by atoms with Crippen LogP contribution in [0.5, 0.6) is 0 Å². The van der Waals surface area contributed by atoms with Crippen molar-refractivity contribution in [3.63, 3.8) is 0 Å². The zero-order valence-corrected chi connectivity index (χ0v) is 10.4. The van der Waals surface area contributed by atoms with E-state index in [0.717, 1.165) is 19.4 Å². The number of hydrogen-bond donors (Lipinski definition) is 1. The van der Waals surface area contributed by atoms with Crippen LogP contribution in [0.3, 0.4) is 0 Å². The quantitative estimate of drug-likeness (QED) is 0.676. The van der Waals surface area contributed by atoms with Crippen LogP contribution in [0.4, 0.5) is 0 Å². The van der Waals surface area contributed by atoms with Gasteiger partial charge in [-0.25, -0.2) is 4.98 Å². The second-order valence-electron chi connectivity index (χ2n) is 3.82. The maximum atomic E-state index is 11.5. The summed E-state index contributed by atoms with van der Waals surface area (Å²) in [6.07, 6.45) is 4.54. The molecule has 6 nitrogen and oxygen atoms in total. The first-order valence-electron chi connectivity index (χ1n) is 5.95. The van der Waals surface area contributed by atoms with Gasteiger partial charge < -0.3 is 10.1 Å². The summed E-state index contributed by atoms with van der Waals surface area (Å²) in [5.74, 6) is -0.0583. The van der Waals surface area contributed by atoms with E-state index < -0.39 is 0 Å². The molecule has 0 saturated heterocycles. The second kappa shape index (κ2) is 7.78. The number of carbonyl (C=O) groups excluding carboxylic acids is 1. The first-order chi connectivity index (χ1) is 8.24. The Morgan fingerprint density at radius 3 is 3.06 bits per heavy atom. The predicted octanol–water partition coefficient (Wildman–Crippen LogP) is 0.599. The summed E-state index contributed by atoms with van der Waals surface area (Å²) < 4.78 is 7.06. The van der Waals surface area contributed by atoms with E-state index in [1.54, 1.807) is 17.9 Å². The number of hydrogen-bond acceptors (Lipinski definition) is 4. The van der Waals surface area contributed by atoms with Crippen LogP contribution in [0.2, 0.25) is 0 Å². The number of aryl methyl sites for hydroxylation is 1. The van der Waals surface area contributed by atoms with E-state index in [1.807, 2.05) is 6.92 Å². The number of carbonyl (C=O) groups is 1. The summed E-state index contributed by atoms with van der Waals surface area (Å²) in [7, 11) is 0. The highest BCUT2D eigenvalue weighted by atomic mass is 16.5. The van der Waals surface area contributed by atoms with Crippen molar-refractivity contribution in [2.75, 3.05) is 13.2 Å². The van der Waals surface area contributed by atoms with Gasteiger partial charge >= 0.3 is 0 Å². The molecule has 0 aliphatic heterocycles. The summed E-state index contributed by atoms with van der Waals surface area (Å²) in [4.78, 5) is 15.4. The second-order valence-corrected chi connectivity index (χ2v) is 3.82. The Morgan fingerprint density at radius 2 is 2.41 bits per heavy atom. The number of rotatable bonds is 8. The summed E-state index contributed by atoms with van der Waals surface area (Å²) in [5.41, 5.74) is 0. The molecule has 0 radical (unpaired) electrons. The summed E-state index contributed by atoms with van der Waals surface area (Å²) in [6.45, 7) is 5.78. The van der Waals surface area contributed by atoms with Crippen molar-refractivity contribution < 1.29 is 9.53 Å². The van der Waals surface area contributed by atoms with E-state index in [2.05, 4.69) is 15.4 Å². The maximum Gasteiger partial charge on any atom is 0.248 e. The zero-order valence-electron chi connectivity index (χ0n) is 10.4. The Bertz CT molecular complexity index is 313. The molecular formula is C11H20N4O2. The third-order valence-electron chi connectivity index (χ3n) is 2.27. The Hall–Kier alpha value is -1.43. The van der Waals surface area contributed by atoms with Crippen LogP contribution in [-0.4, -0.2) is 39.9 Å². The molecule has 6 heteroatoms. The summed E-state index contributed by atoms with van der Waals surface area (Å²) in [6, 6.07) is 0. The average Bonchev–Trinajstić information content (AvgIpc) is 2.84. The lowest BCUT2D eigenvalue weighted by Gasteiger charge is -2.12. The zero-order chi connectivity index (χ0) is 12.5. The number of nitrogens with zero attached hydrogens (tertiary/aromatic N) is 3. The number of aromatic nitrogens is 3. The van der Waals surface area contributed by atoms with Gasteiger partial charge in [0.2, 0.25) is 5.91 Å². The van der Waals surface area contributed by atoms with Gasteiger partial charge in [0.15, 0.2) is 0 Å². The lowest BCUT2D eigenvalue weighted by Crippen LogP contribution is -2.35. The van der Waals surface area contributed by atoms with Gasteiger partial charge in [-0.3, -0.25) is 9.48 Å². The van der Waals surface area contributed by atoms with Crippen LogP contribution in [-0.2, 0) is 16.1 Å². The third-order valence-corrected chi connectivity index (χ3v) is 2.27. The normalized spacial score (nSPS) is 12.4. The van der Waals surface area contributed by atoms with Gasteiger partial charge in [0.1, 0.15) is 18.8 Å². The molecule has 1 aromatic rings. The van der Waals surface area contributed by atoms with Crippen LogP contribution in [0.15, 0.2) is 12.7 Å². The van der Waals surface area contributed by atoms with E-state index in [0.29, 0.717) is 13.2 Å². The minimum absolute atomic E-state index is 0.0583. The molecule has 0 aliphatic carbocycles. The predicted molar refractivity (Wildman–Crippen MR) is 63.4 cm³/mol. The molecule has 0 bridgehead atoms. The van der Waals surface area contributed by atoms with Crippen molar-refractivity contribution in [3.05, 3.63) is 12.7 Å². The SMILES string of the molecule is CCCOC(C)C(=O)NCCCn1cncn1. The van der Waals surface area contributed by atoms with Crippen molar-refractivity contribution >= 4 is 5.91 Å². The van der Waals surface area contributed by atoms with Crippen LogP contribution in [0, 0.1) is 0 Å². The maximum absolute atomic E-state index is 11.5. The van der Waals surface area contributed by atoms with E-state index in [-0.39, 0.29) is 12.0 Å². The number of nitrogens with one attached hydrogen (secondary N) is 1. The smallest absolute Gasteiger partial charge is 0.248 e. The molecular weight excluding hydrogens is 220 g/mol. The Kier molecular flexibility index (Phi) is 6.24. The minimum Gasteiger partial charge on any atom is -0.369 e. The first kappa shape index (κ1) is 13.6. The van der Waals surface area contributed by atoms with Gasteiger partial charge in [0.25, 0.3) is 0 Å². The number of amides is 1. The molecule has 96 valence electrons. The van der Waals surface area contributed by atoms with Crippen molar-refractivity contribution in [2.24, 2.45) is 0 Å². The van der Waals surface area contributed by atoms with Crippen molar-refractivity contribution in [1.82, 2.24) is 20.1 Å². The molecule has 17 heavy (non-hydrogen) atoms. The molecule has 0 saturated carbocycles. The van der Waals surface area contributed by atoms with Gasteiger partial charge in [-0.05, 0) is 19.8 Å². The van der Waals surface area contributed by atoms with Crippen molar-refractivity contribution in [2.45, 2.75) is 39.3 Å². The monoisotopic (exact) mass is 240 g/mol. The summed E-state index contributed by atoms with van der Waals surface area (Å²) >= 11 is 0. The highest BCUT2D eigenvalue weighted by molar-refractivity contribution is 5.80. The molecule has 1 heterocycles. The van der Waals surface area contributed by atoms with Gasteiger partial charge in [-0.2, -0.15) is 5.10 Å². The Balaban J connectivity index is 2.07. The highest BCUT2D eigenvalue weighted by Crippen LogP contribution is 1.93. The molecule has 1 rings (SSSR count). The molecule has 0 aromatic carbocycles. The molecule has 1 atom stereocenters. The lowest BCUT2D eigenvalue weighted by molar-refractivity contribution is -0.131. The number of ether oxygens (including phenoxy) is 1. The fraction of sp³-hybridized carbons (Fsp3) is 0.727. The molecule has 1 aromatic heterocycles. The van der Waals surface area contributed by atoms with Crippen molar-refractivity contribution in [1.29, 1.82) is 0 Å². The van der Waals surface area contributed by atoms with Crippen molar-refractivity contribution in [3.8, 4) is 0 Å². The molecule has 1 unspecified atom stereocenters. The average molecular weight is 240 g/mol. The molecule has 0 spiro atoms. The fourth-order valence-electron chi connectivity index (χ4n) is 1.31. The van der Waals surface area contributed by atoms with Gasteiger partial charge in [0, 0.05) is 19.7 Å². The van der Waals surface area contributed by atoms with Gasteiger partial charge in [-0.15, -0.1) is 0 Å². The Morgan fingerprint density at radius 1 is 1.59 bits per heavy atom. The van der Waals surface area contributed by atoms with Gasteiger partial charge in [0.05, 0.1) is 0 Å². The summed E-state index contributed by atoms with van der Waals surface area (Å²) in [5, 5.41) is 6.80. The van der Waals surface area contributed by atoms with E-state index >= 15 is 0 Å². The molecule has 0 aliphatic rings. The van der Waals surface area contributed by atoms with Gasteiger partial charge in [-0.1, -0.05) is 6.92 Å². The van der Waals surface area contributed by atoms with E-state index in [9.17, 15) is 4.79 Å². The largest absolute Gasteiger partial charge is 0.369 e. The molecule has 1 amide bonds. The lowest BCUT2D eigenvalue weighted by atomic mass is 10.3. The topological polar surface area (TPSA) is 69.0 Å². The van der Waals surface area contributed by atoms with E-state index in [4.69, 9.17) is 4.74 Å². The highest BCUT2D eigenvalue weighted by Gasteiger charge is 2.11. The van der Waals surface area contributed by atoms with Crippen LogP contribution < -0.4 is 5.32 Å². The standard InChI is InChI=1S/C11H20N4O2/c1-3-7-17-10(2)11(16)13-5-4-6-15-9-12-8-14-15/h8-10H,3-7H2,1-2H3,(H,13,16). The molecule has 1 N–H and O–H groups in total. The van der Waals surface area contributed by atoms with Crippen LogP contribution in [0.1, 0.15) is 26.7 Å². The Labute approximate surface area is 101 Å².